The Bertz CT molecular complexity index is 1090. The molecule has 3 heterocycles. The van der Waals surface area contributed by atoms with Crippen molar-refractivity contribution in [2.75, 3.05) is 5.32 Å². The second-order valence-electron chi connectivity index (χ2n) is 6.16. The summed E-state index contributed by atoms with van der Waals surface area (Å²) in [5.41, 5.74) is 2.18. The molecule has 0 unspecified atom stereocenters. The molecule has 26 heavy (non-hydrogen) atoms. The van der Waals surface area contributed by atoms with Crippen LogP contribution in [0, 0.1) is 11.6 Å². The van der Waals surface area contributed by atoms with Gasteiger partial charge in [0.2, 0.25) is 0 Å². The molecule has 132 valence electrons. The van der Waals surface area contributed by atoms with Crippen LogP contribution in [0.25, 0.3) is 27.2 Å². The first-order chi connectivity index (χ1) is 12.5. The molecule has 0 atom stereocenters. The topological polar surface area (TPSA) is 55.1 Å². The van der Waals surface area contributed by atoms with E-state index >= 15 is 0 Å². The third-order valence-corrected chi connectivity index (χ3v) is 4.79. The maximum atomic E-state index is 14.3. The van der Waals surface area contributed by atoms with Gasteiger partial charge in [-0.25, -0.2) is 13.8 Å². The molecule has 3 aromatic heterocycles. The molecular weight excluding hydrogens is 356 g/mol. The van der Waals surface area contributed by atoms with Crippen LogP contribution in [0.5, 0.6) is 0 Å². The highest BCUT2D eigenvalue weighted by molar-refractivity contribution is 7.18. The van der Waals surface area contributed by atoms with Gasteiger partial charge in [-0.3, -0.25) is 4.40 Å². The van der Waals surface area contributed by atoms with Crippen molar-refractivity contribution in [1.29, 1.82) is 0 Å². The van der Waals surface area contributed by atoms with Gasteiger partial charge in [-0.15, -0.1) is 10.2 Å². The fraction of sp³-hybridized carbons (Fsp3) is 0.167. The number of rotatable bonds is 4. The summed E-state index contributed by atoms with van der Waals surface area (Å²) in [7, 11) is 0. The van der Waals surface area contributed by atoms with E-state index in [1.54, 1.807) is 16.9 Å². The van der Waals surface area contributed by atoms with Crippen LogP contribution < -0.4 is 5.32 Å². The molecule has 0 bridgehead atoms. The van der Waals surface area contributed by atoms with Crippen molar-refractivity contribution in [3.05, 3.63) is 54.6 Å². The Morgan fingerprint density at radius 1 is 1.15 bits per heavy atom. The number of nitrogens with one attached hydrogen (secondary N) is 1. The van der Waals surface area contributed by atoms with Gasteiger partial charge in [0.1, 0.15) is 18.0 Å². The van der Waals surface area contributed by atoms with E-state index in [0.717, 1.165) is 21.6 Å². The van der Waals surface area contributed by atoms with Gasteiger partial charge in [0.05, 0.1) is 4.88 Å². The molecule has 0 amide bonds. The molecule has 4 aromatic rings. The lowest BCUT2D eigenvalue weighted by atomic mass is 10.0. The van der Waals surface area contributed by atoms with E-state index in [-0.39, 0.29) is 11.6 Å². The molecule has 0 radical (unpaired) electrons. The predicted octanol–water partition coefficient (Wildman–Crippen LogP) is 4.62. The van der Waals surface area contributed by atoms with Gasteiger partial charge in [0.25, 0.3) is 0 Å². The first-order valence-corrected chi connectivity index (χ1v) is 8.84. The Morgan fingerprint density at radius 2 is 2.00 bits per heavy atom. The van der Waals surface area contributed by atoms with Crippen LogP contribution in [-0.4, -0.2) is 25.6 Å². The van der Waals surface area contributed by atoms with Crippen LogP contribution in [0.15, 0.2) is 43.0 Å². The van der Waals surface area contributed by atoms with Crippen molar-refractivity contribution >= 4 is 22.1 Å². The van der Waals surface area contributed by atoms with E-state index < -0.39 is 11.6 Å². The van der Waals surface area contributed by atoms with Gasteiger partial charge in [-0.2, -0.15) is 0 Å². The lowest BCUT2D eigenvalue weighted by molar-refractivity contribution is 0.585. The summed E-state index contributed by atoms with van der Waals surface area (Å²) in [6, 6.07) is 5.61. The van der Waals surface area contributed by atoms with Crippen LogP contribution in [0.4, 0.5) is 13.9 Å². The molecule has 5 nitrogen and oxygen atoms in total. The Balaban J connectivity index is 1.86. The minimum absolute atomic E-state index is 0.274. The van der Waals surface area contributed by atoms with Crippen molar-refractivity contribution in [2.24, 2.45) is 0 Å². The monoisotopic (exact) mass is 371 g/mol. The second-order valence-corrected chi connectivity index (χ2v) is 7.19. The number of hydrogen-bond donors (Lipinski definition) is 1. The standard InChI is InChI=1S/C18H15F2N5S/c1-10(2)23-18-21-7-16(26-18)11-5-14(17-24-22-9-25(17)8-11)13-4-3-12(19)6-15(13)20/h3-10H,1-2H3,(H,21,23). The maximum absolute atomic E-state index is 14.3. The smallest absolute Gasteiger partial charge is 0.183 e. The number of halogens is 2. The zero-order chi connectivity index (χ0) is 18.3. The highest BCUT2D eigenvalue weighted by Crippen LogP contribution is 2.34. The van der Waals surface area contributed by atoms with Crippen molar-refractivity contribution < 1.29 is 8.78 Å². The van der Waals surface area contributed by atoms with Gasteiger partial charge < -0.3 is 5.32 Å². The number of aromatic nitrogens is 4. The zero-order valence-electron chi connectivity index (χ0n) is 14.1. The minimum Gasteiger partial charge on any atom is -0.359 e. The van der Waals surface area contributed by atoms with Crippen LogP contribution in [0.3, 0.4) is 0 Å². The molecule has 0 saturated carbocycles. The first kappa shape index (κ1) is 16.6. The van der Waals surface area contributed by atoms with E-state index in [0.29, 0.717) is 11.2 Å². The Kier molecular flexibility index (Phi) is 4.12. The number of hydrogen-bond acceptors (Lipinski definition) is 5. The van der Waals surface area contributed by atoms with Crippen LogP contribution in [0.2, 0.25) is 0 Å². The van der Waals surface area contributed by atoms with Gasteiger partial charge in [-0.05, 0) is 32.0 Å². The number of pyridine rings is 1. The van der Waals surface area contributed by atoms with Gasteiger partial charge in [0, 0.05) is 41.2 Å². The maximum Gasteiger partial charge on any atom is 0.183 e. The van der Waals surface area contributed by atoms with Gasteiger partial charge in [0.15, 0.2) is 10.8 Å². The summed E-state index contributed by atoms with van der Waals surface area (Å²) >= 11 is 1.51. The lowest BCUT2D eigenvalue weighted by Crippen LogP contribution is -2.08. The third-order valence-electron chi connectivity index (χ3n) is 3.82. The fourth-order valence-electron chi connectivity index (χ4n) is 2.70. The zero-order valence-corrected chi connectivity index (χ0v) is 14.9. The van der Waals surface area contributed by atoms with Crippen molar-refractivity contribution in [3.8, 4) is 21.6 Å². The Morgan fingerprint density at radius 3 is 2.77 bits per heavy atom. The summed E-state index contributed by atoms with van der Waals surface area (Å²) in [6.45, 7) is 4.08. The van der Waals surface area contributed by atoms with Crippen LogP contribution in [0.1, 0.15) is 13.8 Å². The van der Waals surface area contributed by atoms with Crippen LogP contribution in [-0.2, 0) is 0 Å². The van der Waals surface area contributed by atoms with E-state index in [2.05, 4.69) is 20.5 Å². The highest BCUT2D eigenvalue weighted by atomic mass is 32.1. The number of benzene rings is 1. The SMILES string of the molecule is CC(C)Nc1ncc(-c2cc(-c3ccc(F)cc3F)c3nncn3c2)s1. The average molecular weight is 371 g/mol. The summed E-state index contributed by atoms with van der Waals surface area (Å²) in [5.74, 6) is -1.26. The van der Waals surface area contributed by atoms with Crippen molar-refractivity contribution in [3.63, 3.8) is 0 Å². The molecule has 0 aliphatic rings. The molecule has 0 spiro atoms. The summed E-state index contributed by atoms with van der Waals surface area (Å²) in [6.07, 6.45) is 5.19. The normalized spacial score (nSPS) is 11.4. The third kappa shape index (κ3) is 3.03. The van der Waals surface area contributed by atoms with Gasteiger partial charge in [-0.1, -0.05) is 11.3 Å². The summed E-state index contributed by atoms with van der Waals surface area (Å²) < 4.78 is 29.3. The molecule has 1 aromatic carbocycles. The molecule has 1 N–H and O–H groups in total. The number of anilines is 1. The number of thiazole rings is 1. The van der Waals surface area contributed by atoms with Crippen molar-refractivity contribution in [2.45, 2.75) is 19.9 Å². The number of fused-ring (bicyclic) bond motifs is 1. The molecule has 0 saturated heterocycles. The molecule has 0 fully saturated rings. The summed E-state index contributed by atoms with van der Waals surface area (Å²) in [4.78, 5) is 5.30. The second kappa shape index (κ2) is 6.45. The predicted molar refractivity (Wildman–Crippen MR) is 98.2 cm³/mol. The molecule has 0 aliphatic heterocycles. The van der Waals surface area contributed by atoms with Crippen molar-refractivity contribution in [1.82, 2.24) is 19.6 Å². The van der Waals surface area contributed by atoms with Gasteiger partial charge >= 0.3 is 0 Å². The molecule has 4 rings (SSSR count). The molecule has 8 heteroatoms. The lowest BCUT2D eigenvalue weighted by Gasteiger charge is -2.08. The minimum atomic E-state index is -0.640. The molecule has 0 aliphatic carbocycles. The Labute approximate surface area is 152 Å². The number of nitrogens with zero attached hydrogens (tertiary/aromatic N) is 4. The highest BCUT2D eigenvalue weighted by Gasteiger charge is 2.15. The molecular formula is C18H15F2N5S. The fourth-order valence-corrected chi connectivity index (χ4v) is 3.64. The average Bonchev–Trinajstić information content (AvgIpc) is 3.22. The quantitative estimate of drug-likeness (QED) is 0.569. The largest absolute Gasteiger partial charge is 0.359 e. The summed E-state index contributed by atoms with van der Waals surface area (Å²) in [5, 5.41) is 12.0. The first-order valence-electron chi connectivity index (χ1n) is 8.03. The van der Waals surface area contributed by atoms with E-state index in [1.165, 1.54) is 23.5 Å². The van der Waals surface area contributed by atoms with E-state index in [9.17, 15) is 8.78 Å². The van der Waals surface area contributed by atoms with Crippen LogP contribution >= 0.6 is 11.3 Å². The van der Waals surface area contributed by atoms with E-state index in [4.69, 9.17) is 0 Å². The van der Waals surface area contributed by atoms with E-state index in [1.807, 2.05) is 26.1 Å². The Hall–Kier alpha value is -2.87.